The number of ether oxygens (including phenoxy) is 1. The van der Waals surface area contributed by atoms with Crippen LogP contribution in [0.4, 0.5) is 0 Å². The lowest BCUT2D eigenvalue weighted by atomic mass is 9.80. The number of aliphatic hydroxyl groups excluding tert-OH is 2. The number of aliphatic carboxylic acids is 1. The molecule has 1 heterocycles. The van der Waals surface area contributed by atoms with Gasteiger partial charge in [-0.15, -0.1) is 0 Å². The van der Waals surface area contributed by atoms with Crippen molar-refractivity contribution in [2.24, 2.45) is 0 Å². The Morgan fingerprint density at radius 1 is 0.800 bits per heavy atom. The summed E-state index contributed by atoms with van der Waals surface area (Å²) in [5.74, 6) is -1.08. The number of phenols is 2. The maximum absolute atomic E-state index is 12.4. The van der Waals surface area contributed by atoms with Gasteiger partial charge in [-0.1, -0.05) is 42.5 Å². The van der Waals surface area contributed by atoms with E-state index in [9.17, 15) is 19.8 Å². The Bertz CT molecular complexity index is 1090. The molecule has 9 nitrogen and oxygen atoms in total. The first-order chi connectivity index (χ1) is 16.8. The quantitative estimate of drug-likeness (QED) is 0.304. The Morgan fingerprint density at radius 2 is 1.29 bits per heavy atom. The lowest BCUT2D eigenvalue weighted by Gasteiger charge is -2.30. The zero-order valence-corrected chi connectivity index (χ0v) is 18.9. The Labute approximate surface area is 202 Å². The molecule has 3 aromatic rings. The van der Waals surface area contributed by atoms with Crippen molar-refractivity contribution in [3.63, 3.8) is 0 Å². The van der Waals surface area contributed by atoms with E-state index in [0.29, 0.717) is 5.56 Å². The molecule has 184 valence electrons. The topological polar surface area (TPSA) is 148 Å². The van der Waals surface area contributed by atoms with Gasteiger partial charge in [-0.3, -0.25) is 9.69 Å². The third-order valence-corrected chi connectivity index (χ3v) is 5.51. The summed E-state index contributed by atoms with van der Waals surface area (Å²) < 4.78 is 5.87. The minimum absolute atomic E-state index is 0.0900. The first-order valence-electron chi connectivity index (χ1n) is 10.9. The van der Waals surface area contributed by atoms with Gasteiger partial charge >= 0.3 is 11.9 Å². The van der Waals surface area contributed by atoms with E-state index in [-0.39, 0.29) is 44.3 Å². The standard InChI is InChI=1S/C20H14O4.C6H13NO4/c21-15-9-5-13(6-10-15)20(14-7-11-16(22)12-8-14)18-4-2-1-3-17(18)19(23)24-20;8-3-1-7(2-4-9)5-6(10)11/h1-12,21-22H;8-9H,1-5H2,(H,10,11). The van der Waals surface area contributed by atoms with Crippen LogP contribution in [0, 0.1) is 0 Å². The summed E-state index contributed by atoms with van der Waals surface area (Å²) >= 11 is 0. The molecule has 4 rings (SSSR count). The van der Waals surface area contributed by atoms with Crippen LogP contribution in [0.25, 0.3) is 0 Å². The second-order valence-corrected chi connectivity index (χ2v) is 7.83. The second kappa shape index (κ2) is 11.5. The molecule has 1 aliphatic heterocycles. The van der Waals surface area contributed by atoms with Crippen molar-refractivity contribution in [1.82, 2.24) is 4.90 Å². The SMILES string of the molecule is O=C(O)CN(CCO)CCO.O=C1OC(c2ccc(O)cc2)(c2ccc(O)cc2)c2ccccc21. The Hall–Kier alpha value is -3.92. The monoisotopic (exact) mass is 481 g/mol. The number of carbonyl (C=O) groups excluding carboxylic acids is 1. The fourth-order valence-corrected chi connectivity index (χ4v) is 3.95. The molecule has 9 heteroatoms. The van der Waals surface area contributed by atoms with Crippen LogP contribution in [0.3, 0.4) is 0 Å². The van der Waals surface area contributed by atoms with E-state index in [2.05, 4.69) is 0 Å². The molecule has 0 atom stereocenters. The van der Waals surface area contributed by atoms with Gasteiger partial charge in [-0.05, 0) is 30.3 Å². The van der Waals surface area contributed by atoms with Crippen LogP contribution in [-0.2, 0) is 15.1 Å². The molecule has 0 amide bonds. The van der Waals surface area contributed by atoms with Gasteiger partial charge in [-0.25, -0.2) is 4.79 Å². The molecule has 0 saturated heterocycles. The molecule has 5 N–H and O–H groups in total. The van der Waals surface area contributed by atoms with Gasteiger partial charge in [-0.2, -0.15) is 0 Å². The first-order valence-corrected chi connectivity index (χ1v) is 10.9. The third-order valence-electron chi connectivity index (χ3n) is 5.51. The van der Waals surface area contributed by atoms with Gasteiger partial charge in [0, 0.05) is 29.8 Å². The van der Waals surface area contributed by atoms with E-state index in [1.54, 1.807) is 60.7 Å². The van der Waals surface area contributed by atoms with Crippen LogP contribution in [0.1, 0.15) is 27.0 Å². The Balaban J connectivity index is 0.000000266. The lowest BCUT2D eigenvalue weighted by Crippen LogP contribution is -2.34. The number of carboxylic acid groups (broad SMARTS) is 1. The van der Waals surface area contributed by atoms with Crippen molar-refractivity contribution in [2.45, 2.75) is 5.60 Å². The number of cyclic esters (lactones) is 1. The Kier molecular flexibility index (Phi) is 8.43. The fraction of sp³-hybridized carbons (Fsp3) is 0.231. The van der Waals surface area contributed by atoms with E-state index < -0.39 is 17.5 Å². The maximum atomic E-state index is 12.4. The summed E-state index contributed by atoms with van der Waals surface area (Å²) in [6.07, 6.45) is 0. The van der Waals surface area contributed by atoms with Gasteiger partial charge in [0.05, 0.1) is 25.3 Å². The predicted molar refractivity (Wildman–Crippen MR) is 126 cm³/mol. The van der Waals surface area contributed by atoms with Crippen LogP contribution in [0.5, 0.6) is 11.5 Å². The normalized spacial score (nSPS) is 13.5. The lowest BCUT2D eigenvalue weighted by molar-refractivity contribution is -0.138. The molecule has 0 spiro atoms. The molecule has 0 radical (unpaired) electrons. The average Bonchev–Trinajstić information content (AvgIpc) is 3.14. The first kappa shape index (κ1) is 25.7. The van der Waals surface area contributed by atoms with Crippen molar-refractivity contribution in [1.29, 1.82) is 0 Å². The van der Waals surface area contributed by atoms with Crippen molar-refractivity contribution >= 4 is 11.9 Å². The van der Waals surface area contributed by atoms with E-state index in [0.717, 1.165) is 16.7 Å². The minimum atomic E-state index is -1.10. The van der Waals surface area contributed by atoms with Crippen molar-refractivity contribution in [3.8, 4) is 11.5 Å². The number of carboxylic acids is 1. The minimum Gasteiger partial charge on any atom is -0.508 e. The van der Waals surface area contributed by atoms with Gasteiger partial charge in [0.15, 0.2) is 5.60 Å². The maximum Gasteiger partial charge on any atom is 0.340 e. The van der Waals surface area contributed by atoms with Crippen molar-refractivity contribution in [2.75, 3.05) is 32.8 Å². The molecule has 1 aliphatic rings. The third kappa shape index (κ3) is 5.78. The zero-order valence-electron chi connectivity index (χ0n) is 18.9. The van der Waals surface area contributed by atoms with Crippen LogP contribution < -0.4 is 0 Å². The summed E-state index contributed by atoms with van der Waals surface area (Å²) in [5, 5.41) is 44.4. The largest absolute Gasteiger partial charge is 0.508 e. The Morgan fingerprint density at radius 3 is 1.74 bits per heavy atom. The molecule has 35 heavy (non-hydrogen) atoms. The molecule has 0 saturated carbocycles. The number of benzene rings is 3. The number of nitrogens with zero attached hydrogens (tertiary/aromatic N) is 1. The molecule has 0 bridgehead atoms. The zero-order chi connectivity index (χ0) is 25.4. The van der Waals surface area contributed by atoms with Crippen LogP contribution >= 0.6 is 0 Å². The van der Waals surface area contributed by atoms with Crippen LogP contribution in [0.2, 0.25) is 0 Å². The van der Waals surface area contributed by atoms with Gasteiger partial charge in [0.2, 0.25) is 0 Å². The molecule has 3 aromatic carbocycles. The number of hydrogen-bond donors (Lipinski definition) is 5. The molecule has 0 aliphatic carbocycles. The number of rotatable bonds is 8. The van der Waals surface area contributed by atoms with E-state index >= 15 is 0 Å². The number of aromatic hydroxyl groups is 2. The average molecular weight is 482 g/mol. The van der Waals surface area contributed by atoms with Crippen molar-refractivity contribution < 1.29 is 39.9 Å². The highest BCUT2D eigenvalue weighted by Crippen LogP contribution is 2.47. The summed E-state index contributed by atoms with van der Waals surface area (Å²) in [5.41, 5.74) is 1.60. The number of hydrogen-bond acceptors (Lipinski definition) is 8. The smallest absolute Gasteiger partial charge is 0.340 e. The van der Waals surface area contributed by atoms with Gasteiger partial charge in [0.25, 0.3) is 0 Å². The highest BCUT2D eigenvalue weighted by Gasteiger charge is 2.48. The van der Waals surface area contributed by atoms with E-state index in [1.807, 2.05) is 12.1 Å². The van der Waals surface area contributed by atoms with E-state index in [1.165, 1.54) is 4.90 Å². The van der Waals surface area contributed by atoms with Gasteiger partial charge < -0.3 is 30.3 Å². The predicted octanol–water partition coefficient (Wildman–Crippen LogP) is 1.92. The molecule has 0 unspecified atom stereocenters. The summed E-state index contributed by atoms with van der Waals surface area (Å²) in [6, 6.07) is 20.4. The fourth-order valence-electron chi connectivity index (χ4n) is 3.95. The van der Waals surface area contributed by atoms with Crippen LogP contribution in [-0.4, -0.2) is 75.2 Å². The van der Waals surface area contributed by atoms with Crippen molar-refractivity contribution in [3.05, 3.63) is 95.1 Å². The van der Waals surface area contributed by atoms with E-state index in [4.69, 9.17) is 20.1 Å². The number of fused-ring (bicyclic) bond motifs is 1. The highest BCUT2D eigenvalue weighted by molar-refractivity contribution is 5.96. The second-order valence-electron chi connectivity index (χ2n) is 7.83. The highest BCUT2D eigenvalue weighted by atomic mass is 16.6. The van der Waals surface area contributed by atoms with Crippen LogP contribution in [0.15, 0.2) is 72.8 Å². The van der Waals surface area contributed by atoms with Gasteiger partial charge in [0.1, 0.15) is 11.5 Å². The number of esters is 1. The molecule has 0 aromatic heterocycles. The number of carbonyl (C=O) groups is 2. The number of phenolic OH excluding ortho intramolecular Hbond substituents is 2. The molecule has 0 fully saturated rings. The summed E-state index contributed by atoms with van der Waals surface area (Å²) in [4.78, 5) is 24.1. The molecular weight excluding hydrogens is 454 g/mol. The summed E-state index contributed by atoms with van der Waals surface area (Å²) in [7, 11) is 0. The molecular formula is C26H27NO8. The summed E-state index contributed by atoms with van der Waals surface area (Å²) in [6.45, 7) is 0.251. The number of aliphatic hydroxyl groups is 2.